The van der Waals surface area contributed by atoms with Crippen LogP contribution in [0.3, 0.4) is 0 Å². The Balaban J connectivity index is 2.32. The third kappa shape index (κ3) is 4.42. The third-order valence-electron chi connectivity index (χ3n) is 4.17. The SMILES string of the molecule is C[C@@H]1[C@@H](c2ccccc2)OC(=O)CC/C=C\C[C@@H](N)C(=O)N1C. The Morgan fingerprint density at radius 3 is 2.57 bits per heavy atom. The minimum atomic E-state index is -0.578. The Morgan fingerprint density at radius 1 is 1.17 bits per heavy atom. The van der Waals surface area contributed by atoms with Crippen LogP contribution in [-0.4, -0.2) is 35.9 Å². The molecular weight excluding hydrogens is 292 g/mol. The number of hydrogen-bond donors (Lipinski definition) is 1. The smallest absolute Gasteiger partial charge is 0.306 e. The molecule has 1 aliphatic heterocycles. The first-order chi connectivity index (χ1) is 11.0. The highest BCUT2D eigenvalue weighted by atomic mass is 16.5. The van der Waals surface area contributed by atoms with Crippen molar-refractivity contribution in [3.8, 4) is 0 Å². The van der Waals surface area contributed by atoms with E-state index >= 15 is 0 Å². The van der Waals surface area contributed by atoms with E-state index in [1.165, 1.54) is 0 Å². The zero-order valence-corrected chi connectivity index (χ0v) is 13.6. The van der Waals surface area contributed by atoms with E-state index in [9.17, 15) is 9.59 Å². The molecule has 0 fully saturated rings. The lowest BCUT2D eigenvalue weighted by atomic mass is 10.0. The largest absolute Gasteiger partial charge is 0.455 e. The molecule has 0 saturated heterocycles. The minimum Gasteiger partial charge on any atom is -0.455 e. The summed E-state index contributed by atoms with van der Waals surface area (Å²) >= 11 is 0. The molecule has 1 aromatic rings. The highest BCUT2D eigenvalue weighted by molar-refractivity contribution is 5.82. The first kappa shape index (κ1) is 17.2. The number of hydrogen-bond acceptors (Lipinski definition) is 4. The van der Waals surface area contributed by atoms with Gasteiger partial charge in [-0.05, 0) is 25.3 Å². The van der Waals surface area contributed by atoms with Gasteiger partial charge in [-0.1, -0.05) is 42.5 Å². The van der Waals surface area contributed by atoms with Gasteiger partial charge in [-0.15, -0.1) is 0 Å². The molecule has 2 N–H and O–H groups in total. The number of cyclic esters (lactones) is 1. The second-order valence-corrected chi connectivity index (χ2v) is 5.86. The quantitative estimate of drug-likeness (QED) is 0.637. The Labute approximate surface area is 137 Å². The van der Waals surface area contributed by atoms with Gasteiger partial charge in [-0.25, -0.2) is 0 Å². The molecule has 5 nitrogen and oxygen atoms in total. The van der Waals surface area contributed by atoms with Gasteiger partial charge >= 0.3 is 5.97 Å². The number of likely N-dealkylation sites (N-methyl/N-ethyl adjacent to an activating group) is 1. The van der Waals surface area contributed by atoms with Gasteiger partial charge in [0.2, 0.25) is 5.91 Å². The van der Waals surface area contributed by atoms with Crippen molar-refractivity contribution >= 4 is 11.9 Å². The number of amides is 1. The molecule has 0 saturated carbocycles. The maximum absolute atomic E-state index is 12.5. The molecule has 1 amide bonds. The molecule has 0 unspecified atom stereocenters. The van der Waals surface area contributed by atoms with E-state index in [1.54, 1.807) is 11.9 Å². The fraction of sp³-hybridized carbons (Fsp3) is 0.444. The topological polar surface area (TPSA) is 72.6 Å². The van der Waals surface area contributed by atoms with Crippen LogP contribution in [0.1, 0.15) is 37.9 Å². The predicted octanol–water partition coefficient (Wildman–Crippen LogP) is 2.19. The number of esters is 1. The number of ether oxygens (including phenoxy) is 1. The average Bonchev–Trinajstić information content (AvgIpc) is 2.57. The Bertz CT molecular complexity index is 571. The standard InChI is InChI=1S/C18H24N2O3/c1-13-17(14-9-5-3-6-10-14)23-16(21)12-8-4-7-11-15(19)18(22)20(13)2/h3-7,9-10,13,15,17H,8,11-12,19H2,1-2H3/b7-4-/t13-,15-,17+/m1/s1. The summed E-state index contributed by atoms with van der Waals surface area (Å²) in [5, 5.41) is 0. The van der Waals surface area contributed by atoms with Crippen molar-refractivity contribution in [2.75, 3.05) is 7.05 Å². The lowest BCUT2D eigenvalue weighted by Crippen LogP contribution is -2.48. The number of allylic oxidation sites excluding steroid dienone is 1. The van der Waals surface area contributed by atoms with Crippen LogP contribution in [0, 0.1) is 0 Å². The molecule has 1 aliphatic rings. The lowest BCUT2D eigenvalue weighted by Gasteiger charge is -2.33. The van der Waals surface area contributed by atoms with Crippen molar-refractivity contribution in [2.24, 2.45) is 5.73 Å². The van der Waals surface area contributed by atoms with Crippen LogP contribution in [-0.2, 0) is 14.3 Å². The summed E-state index contributed by atoms with van der Waals surface area (Å²) in [6.45, 7) is 1.87. The van der Waals surface area contributed by atoms with Crippen LogP contribution < -0.4 is 5.73 Å². The molecule has 124 valence electrons. The summed E-state index contributed by atoms with van der Waals surface area (Å²) in [4.78, 5) is 26.1. The summed E-state index contributed by atoms with van der Waals surface area (Å²) in [5.74, 6) is -0.416. The Kier molecular flexibility index (Phi) is 5.93. The molecule has 1 heterocycles. The third-order valence-corrected chi connectivity index (χ3v) is 4.17. The molecule has 0 bridgehead atoms. The van der Waals surface area contributed by atoms with Crippen LogP contribution in [0.2, 0.25) is 0 Å². The zero-order chi connectivity index (χ0) is 16.8. The molecule has 3 atom stereocenters. The van der Waals surface area contributed by atoms with Crippen LogP contribution in [0.25, 0.3) is 0 Å². The van der Waals surface area contributed by atoms with Gasteiger partial charge in [0.15, 0.2) is 0 Å². The molecule has 5 heteroatoms. The molecule has 1 aromatic carbocycles. The first-order valence-corrected chi connectivity index (χ1v) is 7.92. The van der Waals surface area contributed by atoms with Crippen molar-refractivity contribution in [1.29, 1.82) is 0 Å². The van der Waals surface area contributed by atoms with Crippen LogP contribution >= 0.6 is 0 Å². The van der Waals surface area contributed by atoms with Gasteiger partial charge in [0.05, 0.1) is 12.1 Å². The summed E-state index contributed by atoms with van der Waals surface area (Å²) in [6, 6.07) is 8.61. The number of rotatable bonds is 1. The van der Waals surface area contributed by atoms with Gasteiger partial charge in [0.1, 0.15) is 6.10 Å². The van der Waals surface area contributed by atoms with Crippen LogP contribution in [0.5, 0.6) is 0 Å². The van der Waals surface area contributed by atoms with E-state index < -0.39 is 12.1 Å². The molecule has 0 spiro atoms. The van der Waals surface area contributed by atoms with Gasteiger partial charge in [-0.2, -0.15) is 0 Å². The van der Waals surface area contributed by atoms with E-state index in [0.29, 0.717) is 19.3 Å². The van der Waals surface area contributed by atoms with E-state index in [4.69, 9.17) is 10.5 Å². The Hall–Kier alpha value is -2.14. The van der Waals surface area contributed by atoms with E-state index in [-0.39, 0.29) is 17.9 Å². The molecule has 0 aromatic heterocycles. The van der Waals surface area contributed by atoms with Gasteiger partial charge in [0, 0.05) is 13.5 Å². The maximum atomic E-state index is 12.5. The number of benzene rings is 1. The Morgan fingerprint density at radius 2 is 1.87 bits per heavy atom. The summed E-state index contributed by atoms with van der Waals surface area (Å²) in [7, 11) is 1.70. The highest BCUT2D eigenvalue weighted by Crippen LogP contribution is 2.26. The lowest BCUT2D eigenvalue weighted by molar-refractivity contribution is -0.155. The normalized spacial score (nSPS) is 28.5. The number of carbonyl (C=O) groups excluding carboxylic acids is 2. The maximum Gasteiger partial charge on any atom is 0.306 e. The molecule has 23 heavy (non-hydrogen) atoms. The summed E-state index contributed by atoms with van der Waals surface area (Å²) < 4.78 is 5.67. The molecular formula is C18H24N2O3. The van der Waals surface area contributed by atoms with Crippen molar-refractivity contribution in [1.82, 2.24) is 4.90 Å². The average molecular weight is 316 g/mol. The van der Waals surface area contributed by atoms with Crippen molar-refractivity contribution < 1.29 is 14.3 Å². The van der Waals surface area contributed by atoms with Gasteiger partial charge in [0.25, 0.3) is 0 Å². The van der Waals surface area contributed by atoms with Gasteiger partial charge in [-0.3, -0.25) is 9.59 Å². The van der Waals surface area contributed by atoms with E-state index in [0.717, 1.165) is 5.56 Å². The number of nitrogens with zero attached hydrogens (tertiary/aromatic N) is 1. The molecule has 0 radical (unpaired) electrons. The number of carbonyl (C=O) groups is 2. The fourth-order valence-electron chi connectivity index (χ4n) is 2.62. The summed E-state index contributed by atoms with van der Waals surface area (Å²) in [6.07, 6.45) is 4.60. The fourth-order valence-corrected chi connectivity index (χ4v) is 2.62. The van der Waals surface area contributed by atoms with E-state index in [2.05, 4.69) is 0 Å². The highest BCUT2D eigenvalue weighted by Gasteiger charge is 2.31. The second kappa shape index (κ2) is 7.92. The van der Waals surface area contributed by atoms with Crippen LogP contribution in [0.15, 0.2) is 42.5 Å². The van der Waals surface area contributed by atoms with Crippen molar-refractivity contribution in [3.63, 3.8) is 0 Å². The summed E-state index contributed by atoms with van der Waals surface area (Å²) in [5.41, 5.74) is 6.84. The van der Waals surface area contributed by atoms with Gasteiger partial charge < -0.3 is 15.4 Å². The van der Waals surface area contributed by atoms with Crippen LogP contribution in [0.4, 0.5) is 0 Å². The monoisotopic (exact) mass is 316 g/mol. The first-order valence-electron chi connectivity index (χ1n) is 7.92. The van der Waals surface area contributed by atoms with E-state index in [1.807, 2.05) is 49.4 Å². The predicted molar refractivity (Wildman–Crippen MR) is 88.5 cm³/mol. The molecule has 0 aliphatic carbocycles. The second-order valence-electron chi connectivity index (χ2n) is 5.86. The number of nitrogens with two attached hydrogens (primary N) is 1. The minimum absolute atomic E-state index is 0.153. The molecule has 2 rings (SSSR count). The van der Waals surface area contributed by atoms with Crippen molar-refractivity contribution in [3.05, 3.63) is 48.0 Å². The van der Waals surface area contributed by atoms with Crippen molar-refractivity contribution in [2.45, 2.75) is 44.4 Å². The zero-order valence-electron chi connectivity index (χ0n) is 13.6.